The molecule has 1 saturated carbocycles. The summed E-state index contributed by atoms with van der Waals surface area (Å²) in [5.41, 5.74) is 0.0893. The average Bonchev–Trinajstić information content (AvgIpc) is 3.67. The second kappa shape index (κ2) is 11.6. The SMILES string of the molecule is CC(C)(C)OC(=O)N1C[C@H](O)C[C@H]1C(=O)N1C[C@@H]2[C@H](C1)C2(C#N)c1ccc(-c2ccc(N3C[C@H](Cn4ccnn4)OC3=O)cc2F)cn1. The van der Waals surface area contributed by atoms with Gasteiger partial charge < -0.3 is 19.5 Å². The van der Waals surface area contributed by atoms with Gasteiger partial charge in [-0.1, -0.05) is 11.3 Å². The van der Waals surface area contributed by atoms with Gasteiger partial charge in [-0.2, -0.15) is 5.26 Å². The number of pyridine rings is 1. The van der Waals surface area contributed by atoms with Crippen LogP contribution in [-0.2, 0) is 26.2 Å². The molecule has 5 heterocycles. The van der Waals surface area contributed by atoms with Crippen molar-refractivity contribution in [2.24, 2.45) is 11.8 Å². The van der Waals surface area contributed by atoms with Crippen molar-refractivity contribution in [3.8, 4) is 17.2 Å². The number of ether oxygens (including phenoxy) is 2. The van der Waals surface area contributed by atoms with E-state index in [9.17, 15) is 24.8 Å². The standard InChI is InChI=1S/C33H35FN8O6/c1-32(2,3)48-31(46)42-13-21(43)11-27(42)29(44)39-16-24-25(17-39)33(24,18-35)28-7-4-19(12-36-28)23-6-5-20(10-26(23)34)41-15-22(47-30(41)45)14-40-9-8-37-38-40/h4-10,12,21-22,24-25,27,43H,11,13-17H2,1-3H3/t21-,22+,24-,25+,27+,33?/m1/s1. The molecular weight excluding hydrogens is 623 g/mol. The van der Waals surface area contributed by atoms with E-state index in [1.54, 1.807) is 60.8 Å². The topological polar surface area (TPSA) is 167 Å². The number of benzene rings is 1. The van der Waals surface area contributed by atoms with Crippen LogP contribution >= 0.6 is 0 Å². The van der Waals surface area contributed by atoms with Crippen molar-refractivity contribution in [3.05, 3.63) is 60.4 Å². The number of carbonyl (C=O) groups is 3. The molecule has 3 aliphatic heterocycles. The normalized spacial score (nSPS) is 27.9. The first-order valence-corrected chi connectivity index (χ1v) is 15.8. The number of piperidine rings is 1. The Kier molecular flexibility index (Phi) is 7.58. The minimum Gasteiger partial charge on any atom is -0.444 e. The third-order valence-corrected chi connectivity index (χ3v) is 9.57. The number of carbonyl (C=O) groups excluding carboxylic acids is 3. The fraction of sp³-hybridized carbons (Fsp3) is 0.485. The maximum absolute atomic E-state index is 15.4. The average molecular weight is 659 g/mol. The van der Waals surface area contributed by atoms with E-state index >= 15 is 4.39 Å². The molecule has 250 valence electrons. The summed E-state index contributed by atoms with van der Waals surface area (Å²) in [5.74, 6) is -1.10. The lowest BCUT2D eigenvalue weighted by Gasteiger charge is -2.31. The first-order valence-electron chi connectivity index (χ1n) is 15.8. The molecule has 1 N–H and O–H groups in total. The molecule has 1 unspecified atom stereocenters. The van der Waals surface area contributed by atoms with E-state index in [-0.39, 0.29) is 42.8 Å². The Morgan fingerprint density at radius 2 is 1.94 bits per heavy atom. The van der Waals surface area contributed by atoms with E-state index in [2.05, 4.69) is 21.4 Å². The number of nitrogens with zero attached hydrogens (tertiary/aromatic N) is 8. The van der Waals surface area contributed by atoms with Crippen LogP contribution in [0.1, 0.15) is 32.9 Å². The molecule has 0 radical (unpaired) electrons. The van der Waals surface area contributed by atoms with Gasteiger partial charge in [-0.3, -0.25) is 19.6 Å². The molecule has 1 aromatic carbocycles. The quantitative estimate of drug-likeness (QED) is 0.416. The summed E-state index contributed by atoms with van der Waals surface area (Å²) in [6.07, 6.45) is 2.35. The predicted molar refractivity (Wildman–Crippen MR) is 165 cm³/mol. The zero-order chi connectivity index (χ0) is 34.0. The van der Waals surface area contributed by atoms with Crippen LogP contribution in [0.15, 0.2) is 48.9 Å². The number of fused-ring (bicyclic) bond motifs is 1. The highest BCUT2D eigenvalue weighted by Gasteiger charge is 2.71. The van der Waals surface area contributed by atoms with E-state index in [0.29, 0.717) is 36.6 Å². The van der Waals surface area contributed by atoms with E-state index in [4.69, 9.17) is 9.47 Å². The Hall–Kier alpha value is -5.10. The molecule has 4 fully saturated rings. The minimum absolute atomic E-state index is 0.0177. The van der Waals surface area contributed by atoms with E-state index in [0.717, 1.165) is 0 Å². The maximum atomic E-state index is 15.4. The minimum atomic E-state index is -0.878. The van der Waals surface area contributed by atoms with Crippen LogP contribution in [0.4, 0.5) is 19.7 Å². The van der Waals surface area contributed by atoms with E-state index in [1.807, 2.05) is 0 Å². The molecule has 2 aromatic heterocycles. The Morgan fingerprint density at radius 3 is 2.56 bits per heavy atom. The number of anilines is 1. The van der Waals surface area contributed by atoms with Gasteiger partial charge >= 0.3 is 12.2 Å². The predicted octanol–water partition coefficient (Wildman–Crippen LogP) is 2.72. The molecule has 14 nitrogen and oxygen atoms in total. The van der Waals surface area contributed by atoms with Crippen molar-refractivity contribution < 1.29 is 33.4 Å². The van der Waals surface area contributed by atoms with Gasteiger partial charge in [-0.25, -0.2) is 18.7 Å². The summed E-state index contributed by atoms with van der Waals surface area (Å²) in [5, 5.41) is 28.2. The molecule has 4 aliphatic rings. The van der Waals surface area contributed by atoms with Crippen molar-refractivity contribution in [2.75, 3.05) is 31.1 Å². The lowest BCUT2D eigenvalue weighted by Crippen LogP contribution is -2.49. The van der Waals surface area contributed by atoms with Gasteiger partial charge in [-0.15, -0.1) is 5.10 Å². The first kappa shape index (κ1) is 31.5. The number of aromatic nitrogens is 4. The molecule has 3 aromatic rings. The van der Waals surface area contributed by atoms with Crippen LogP contribution in [0.3, 0.4) is 0 Å². The zero-order valence-corrected chi connectivity index (χ0v) is 26.7. The number of aliphatic hydroxyl groups is 1. The van der Waals surface area contributed by atoms with Crippen molar-refractivity contribution in [3.63, 3.8) is 0 Å². The van der Waals surface area contributed by atoms with Gasteiger partial charge in [0, 0.05) is 54.9 Å². The number of hydrogen-bond donors (Lipinski definition) is 1. The smallest absolute Gasteiger partial charge is 0.414 e. The lowest BCUT2D eigenvalue weighted by molar-refractivity contribution is -0.135. The van der Waals surface area contributed by atoms with Gasteiger partial charge in [0.15, 0.2) is 0 Å². The Labute approximate surface area is 275 Å². The number of amides is 3. The van der Waals surface area contributed by atoms with Crippen LogP contribution in [0.5, 0.6) is 0 Å². The fourth-order valence-electron chi connectivity index (χ4n) is 7.26. The number of hydrogen-bond acceptors (Lipinski definition) is 10. The summed E-state index contributed by atoms with van der Waals surface area (Å²) < 4.78 is 27.8. The van der Waals surface area contributed by atoms with Gasteiger partial charge in [0.2, 0.25) is 5.91 Å². The highest BCUT2D eigenvalue weighted by Crippen LogP contribution is 2.63. The monoisotopic (exact) mass is 658 g/mol. The van der Waals surface area contributed by atoms with Crippen LogP contribution in [0, 0.1) is 29.0 Å². The molecule has 48 heavy (non-hydrogen) atoms. The van der Waals surface area contributed by atoms with Crippen molar-refractivity contribution in [1.29, 1.82) is 5.26 Å². The summed E-state index contributed by atoms with van der Waals surface area (Å²) in [6, 6.07) is 9.54. The van der Waals surface area contributed by atoms with Gasteiger partial charge in [0.05, 0.1) is 49.4 Å². The van der Waals surface area contributed by atoms with Crippen LogP contribution in [0.25, 0.3) is 11.1 Å². The first-order chi connectivity index (χ1) is 22.9. The van der Waals surface area contributed by atoms with Crippen LogP contribution < -0.4 is 4.90 Å². The number of halogens is 1. The lowest BCUT2D eigenvalue weighted by atomic mass is 9.95. The third kappa shape index (κ3) is 5.49. The summed E-state index contributed by atoms with van der Waals surface area (Å²) in [6.45, 7) is 6.45. The van der Waals surface area contributed by atoms with Crippen molar-refractivity contribution in [2.45, 2.75) is 63.0 Å². The van der Waals surface area contributed by atoms with Gasteiger partial charge in [0.1, 0.15) is 29.0 Å². The highest BCUT2D eigenvalue weighted by molar-refractivity contribution is 5.90. The largest absolute Gasteiger partial charge is 0.444 e. The highest BCUT2D eigenvalue weighted by atomic mass is 19.1. The summed E-state index contributed by atoms with van der Waals surface area (Å²) >= 11 is 0. The molecule has 1 aliphatic carbocycles. The molecule has 15 heteroatoms. The van der Waals surface area contributed by atoms with Gasteiger partial charge in [0.25, 0.3) is 0 Å². The molecular formula is C33H35FN8O6. The van der Waals surface area contributed by atoms with E-state index < -0.39 is 47.3 Å². The summed E-state index contributed by atoms with van der Waals surface area (Å²) in [4.78, 5) is 47.7. The number of cyclic esters (lactones) is 1. The van der Waals surface area contributed by atoms with Crippen molar-refractivity contribution >= 4 is 23.8 Å². The molecule has 0 spiro atoms. The van der Waals surface area contributed by atoms with E-state index in [1.165, 1.54) is 28.3 Å². The van der Waals surface area contributed by atoms with Crippen molar-refractivity contribution in [1.82, 2.24) is 29.8 Å². The van der Waals surface area contributed by atoms with Crippen LogP contribution in [0.2, 0.25) is 0 Å². The number of likely N-dealkylation sites (tertiary alicyclic amines) is 2. The van der Waals surface area contributed by atoms with Crippen LogP contribution in [-0.4, -0.2) is 103 Å². The number of nitriles is 1. The Morgan fingerprint density at radius 1 is 1.17 bits per heavy atom. The summed E-state index contributed by atoms with van der Waals surface area (Å²) in [7, 11) is 0. The fourth-order valence-corrected chi connectivity index (χ4v) is 7.26. The number of rotatable bonds is 6. The Balaban J connectivity index is 1.00. The number of β-amino-alcohol motifs (C(OH)–C–C–N with tert-alkyl or cyclic N) is 1. The molecule has 3 amide bonds. The third-order valence-electron chi connectivity index (χ3n) is 9.57. The molecule has 0 bridgehead atoms. The second-order valence-electron chi connectivity index (χ2n) is 13.8. The zero-order valence-electron chi connectivity index (χ0n) is 26.7. The molecule has 6 atom stereocenters. The Bertz CT molecular complexity index is 1780. The maximum Gasteiger partial charge on any atom is 0.414 e. The van der Waals surface area contributed by atoms with Gasteiger partial charge in [-0.05, 0) is 45.0 Å². The molecule has 7 rings (SSSR count). The number of aliphatic hydroxyl groups excluding tert-OH is 1. The second-order valence-corrected chi connectivity index (χ2v) is 13.8. The molecule has 3 saturated heterocycles.